The van der Waals surface area contributed by atoms with Crippen LogP contribution in [-0.2, 0) is 0 Å². The van der Waals surface area contributed by atoms with Gasteiger partial charge in [-0.1, -0.05) is 19.1 Å². The van der Waals surface area contributed by atoms with Crippen LogP contribution in [0.1, 0.15) is 26.2 Å². The lowest BCUT2D eigenvalue weighted by molar-refractivity contribution is 0.136. The summed E-state index contributed by atoms with van der Waals surface area (Å²) in [5.41, 5.74) is 6.72. The first kappa shape index (κ1) is 14.2. The standard InChI is InChI=1S/C13H26N4/c1-3-12(2)4-6-16-8-10-17(11-9-16)7-5-13(14)15/h2-11H2,1H3,(H3,14,15). The molecule has 1 aliphatic rings. The maximum atomic E-state index is 7.22. The molecule has 0 unspecified atom stereocenters. The van der Waals surface area contributed by atoms with Gasteiger partial charge in [-0.3, -0.25) is 5.41 Å². The lowest BCUT2D eigenvalue weighted by Gasteiger charge is -2.34. The van der Waals surface area contributed by atoms with E-state index in [1.54, 1.807) is 0 Å². The number of nitrogens with zero attached hydrogens (tertiary/aromatic N) is 2. The zero-order valence-corrected chi connectivity index (χ0v) is 11.0. The molecule has 1 saturated heterocycles. The second-order valence-corrected chi connectivity index (χ2v) is 4.81. The van der Waals surface area contributed by atoms with Crippen LogP contribution in [0, 0.1) is 5.41 Å². The van der Waals surface area contributed by atoms with Gasteiger partial charge in [0, 0.05) is 45.7 Å². The fraction of sp³-hybridized carbons (Fsp3) is 0.769. The van der Waals surface area contributed by atoms with Gasteiger partial charge in [-0.2, -0.15) is 0 Å². The number of piperazine rings is 1. The maximum Gasteiger partial charge on any atom is 0.0918 e. The molecule has 4 heteroatoms. The highest BCUT2D eigenvalue weighted by Crippen LogP contribution is 2.07. The Morgan fingerprint density at radius 2 is 1.59 bits per heavy atom. The molecule has 0 aromatic heterocycles. The lowest BCUT2D eigenvalue weighted by atomic mass is 10.1. The molecule has 1 heterocycles. The molecule has 3 N–H and O–H groups in total. The molecule has 17 heavy (non-hydrogen) atoms. The van der Waals surface area contributed by atoms with Crippen LogP contribution >= 0.6 is 0 Å². The third-order valence-corrected chi connectivity index (χ3v) is 3.44. The average molecular weight is 238 g/mol. The SMILES string of the molecule is C=C(CC)CCN1CCN(CCC(=N)N)CC1. The van der Waals surface area contributed by atoms with Gasteiger partial charge in [-0.25, -0.2) is 0 Å². The molecule has 0 bridgehead atoms. The highest BCUT2D eigenvalue weighted by Gasteiger charge is 2.16. The highest BCUT2D eigenvalue weighted by molar-refractivity contribution is 5.76. The summed E-state index contributed by atoms with van der Waals surface area (Å²) < 4.78 is 0. The molecule has 0 saturated carbocycles. The Balaban J connectivity index is 2.13. The monoisotopic (exact) mass is 238 g/mol. The van der Waals surface area contributed by atoms with Crippen molar-refractivity contribution in [3.05, 3.63) is 12.2 Å². The van der Waals surface area contributed by atoms with Crippen LogP contribution in [0.5, 0.6) is 0 Å². The molecular formula is C13H26N4. The predicted octanol–water partition coefficient (Wildman–Crippen LogP) is 1.29. The number of rotatable bonds is 7. The first-order valence-electron chi connectivity index (χ1n) is 6.56. The van der Waals surface area contributed by atoms with Crippen molar-refractivity contribution in [2.75, 3.05) is 39.3 Å². The van der Waals surface area contributed by atoms with Crippen LogP contribution in [0.15, 0.2) is 12.2 Å². The van der Waals surface area contributed by atoms with Gasteiger partial charge in [0.1, 0.15) is 0 Å². The summed E-state index contributed by atoms with van der Waals surface area (Å²) in [5, 5.41) is 7.22. The van der Waals surface area contributed by atoms with E-state index in [0.717, 1.165) is 52.1 Å². The topological polar surface area (TPSA) is 56.4 Å². The number of nitrogens with two attached hydrogens (primary N) is 1. The summed E-state index contributed by atoms with van der Waals surface area (Å²) in [6.45, 7) is 12.8. The van der Waals surface area contributed by atoms with Crippen molar-refractivity contribution in [3.63, 3.8) is 0 Å². The van der Waals surface area contributed by atoms with Gasteiger partial charge in [0.15, 0.2) is 0 Å². The first-order valence-corrected chi connectivity index (χ1v) is 6.56. The van der Waals surface area contributed by atoms with Gasteiger partial charge in [-0.05, 0) is 12.8 Å². The van der Waals surface area contributed by atoms with Gasteiger partial charge in [-0.15, -0.1) is 0 Å². The molecular weight excluding hydrogens is 212 g/mol. The zero-order chi connectivity index (χ0) is 12.7. The first-order chi connectivity index (χ1) is 8.11. The van der Waals surface area contributed by atoms with Crippen LogP contribution in [0.25, 0.3) is 0 Å². The molecule has 1 rings (SSSR count). The summed E-state index contributed by atoms with van der Waals surface area (Å²) >= 11 is 0. The molecule has 0 atom stereocenters. The van der Waals surface area contributed by atoms with E-state index in [0.29, 0.717) is 12.3 Å². The van der Waals surface area contributed by atoms with Crippen molar-refractivity contribution in [2.45, 2.75) is 26.2 Å². The molecule has 0 spiro atoms. The largest absolute Gasteiger partial charge is 0.388 e. The molecule has 98 valence electrons. The Kier molecular flexibility index (Phi) is 6.22. The summed E-state index contributed by atoms with van der Waals surface area (Å²) in [5.74, 6) is 0.298. The van der Waals surface area contributed by atoms with E-state index in [2.05, 4.69) is 23.3 Å². The van der Waals surface area contributed by atoms with Gasteiger partial charge in [0.25, 0.3) is 0 Å². The summed E-state index contributed by atoms with van der Waals surface area (Å²) in [6.07, 6.45) is 2.93. The fourth-order valence-electron chi connectivity index (χ4n) is 2.01. The average Bonchev–Trinajstić information content (AvgIpc) is 2.34. The third kappa shape index (κ3) is 5.84. The van der Waals surface area contributed by atoms with Gasteiger partial charge in [0.05, 0.1) is 5.84 Å². The molecule has 0 amide bonds. The molecule has 1 fully saturated rings. The minimum atomic E-state index is 0.298. The molecule has 0 aromatic carbocycles. The Bertz CT molecular complexity index is 254. The van der Waals surface area contributed by atoms with Gasteiger partial charge in [0.2, 0.25) is 0 Å². The van der Waals surface area contributed by atoms with Crippen LogP contribution < -0.4 is 5.73 Å². The second-order valence-electron chi connectivity index (χ2n) is 4.81. The number of amidine groups is 1. The smallest absolute Gasteiger partial charge is 0.0918 e. The Morgan fingerprint density at radius 1 is 1.12 bits per heavy atom. The highest BCUT2D eigenvalue weighted by atomic mass is 15.3. The molecule has 4 nitrogen and oxygen atoms in total. The van der Waals surface area contributed by atoms with Gasteiger partial charge < -0.3 is 15.5 Å². The van der Waals surface area contributed by atoms with Crippen LogP contribution in [0.3, 0.4) is 0 Å². The minimum absolute atomic E-state index is 0.298. The van der Waals surface area contributed by atoms with E-state index >= 15 is 0 Å². The Hall–Kier alpha value is -0.870. The van der Waals surface area contributed by atoms with E-state index in [4.69, 9.17) is 11.1 Å². The normalized spacial score (nSPS) is 18.2. The second kappa shape index (κ2) is 7.45. The Morgan fingerprint density at radius 3 is 2.00 bits per heavy atom. The minimum Gasteiger partial charge on any atom is -0.388 e. The van der Waals surface area contributed by atoms with E-state index in [-0.39, 0.29) is 0 Å². The van der Waals surface area contributed by atoms with Gasteiger partial charge >= 0.3 is 0 Å². The van der Waals surface area contributed by atoms with Crippen molar-refractivity contribution < 1.29 is 0 Å². The number of nitrogens with one attached hydrogen (secondary N) is 1. The number of hydrogen-bond acceptors (Lipinski definition) is 3. The van der Waals surface area contributed by atoms with Crippen LogP contribution in [-0.4, -0.2) is 54.9 Å². The summed E-state index contributed by atoms with van der Waals surface area (Å²) in [7, 11) is 0. The molecule has 0 radical (unpaired) electrons. The van der Waals surface area contributed by atoms with E-state index in [1.807, 2.05) is 0 Å². The predicted molar refractivity (Wildman–Crippen MR) is 73.5 cm³/mol. The number of hydrogen-bond donors (Lipinski definition) is 2. The molecule has 0 aliphatic carbocycles. The lowest BCUT2D eigenvalue weighted by Crippen LogP contribution is -2.47. The van der Waals surface area contributed by atoms with Crippen molar-refractivity contribution >= 4 is 5.84 Å². The van der Waals surface area contributed by atoms with Crippen molar-refractivity contribution in [2.24, 2.45) is 5.73 Å². The quantitative estimate of drug-likeness (QED) is 0.399. The van der Waals surface area contributed by atoms with Crippen molar-refractivity contribution in [1.29, 1.82) is 5.41 Å². The third-order valence-electron chi connectivity index (χ3n) is 3.44. The summed E-state index contributed by atoms with van der Waals surface area (Å²) in [6, 6.07) is 0. The van der Waals surface area contributed by atoms with E-state index in [9.17, 15) is 0 Å². The molecule has 0 aromatic rings. The van der Waals surface area contributed by atoms with E-state index in [1.165, 1.54) is 5.57 Å². The maximum absolute atomic E-state index is 7.22. The van der Waals surface area contributed by atoms with E-state index < -0.39 is 0 Å². The Labute approximate surface area is 105 Å². The van der Waals surface area contributed by atoms with Crippen molar-refractivity contribution in [1.82, 2.24) is 9.80 Å². The fourth-order valence-corrected chi connectivity index (χ4v) is 2.01. The van der Waals surface area contributed by atoms with Crippen LogP contribution in [0.4, 0.5) is 0 Å². The zero-order valence-electron chi connectivity index (χ0n) is 11.0. The van der Waals surface area contributed by atoms with Crippen molar-refractivity contribution in [3.8, 4) is 0 Å². The molecule has 1 aliphatic heterocycles. The van der Waals surface area contributed by atoms with Crippen LogP contribution in [0.2, 0.25) is 0 Å². The summed E-state index contributed by atoms with van der Waals surface area (Å²) in [4.78, 5) is 4.90.